The van der Waals surface area contributed by atoms with Crippen LogP contribution in [0.15, 0.2) is 21.4 Å². The van der Waals surface area contributed by atoms with Crippen molar-refractivity contribution < 1.29 is 4.74 Å². The smallest absolute Gasteiger partial charge is 0.192 e. The lowest BCUT2D eigenvalue weighted by Gasteiger charge is -2.24. The first-order valence-corrected chi connectivity index (χ1v) is 7.77. The Bertz CT molecular complexity index is 714. The number of rotatable bonds is 1. The van der Waals surface area contributed by atoms with E-state index in [0.717, 1.165) is 58.3 Å². The zero-order valence-corrected chi connectivity index (χ0v) is 13.3. The topological polar surface area (TPSA) is 42.1 Å². The Morgan fingerprint density at radius 1 is 1.25 bits per heavy atom. The van der Waals surface area contributed by atoms with Gasteiger partial charge in [-0.15, -0.1) is 0 Å². The number of pyridine rings is 1. The molecule has 0 bridgehead atoms. The number of aromatic nitrogens is 1. The Kier molecular flexibility index (Phi) is 3.69. The average molecular weight is 336 g/mol. The Balaban J connectivity index is 2.24. The van der Waals surface area contributed by atoms with E-state index in [1.165, 1.54) is 0 Å². The number of benzene rings is 1. The molecule has 20 heavy (non-hydrogen) atoms. The van der Waals surface area contributed by atoms with Crippen molar-refractivity contribution in [2.45, 2.75) is 32.6 Å². The number of ether oxygens (including phenoxy) is 1. The first kappa shape index (κ1) is 13.8. The fourth-order valence-electron chi connectivity index (χ4n) is 3.00. The zero-order valence-electron chi connectivity index (χ0n) is 11.8. The fraction of sp³-hybridized carbons (Fsp3) is 0.438. The molecule has 106 valence electrons. The van der Waals surface area contributed by atoms with Crippen molar-refractivity contribution in [2.75, 3.05) is 13.2 Å². The highest BCUT2D eigenvalue weighted by molar-refractivity contribution is 9.10. The third-order valence-corrected chi connectivity index (χ3v) is 4.74. The van der Waals surface area contributed by atoms with Gasteiger partial charge in [0, 0.05) is 40.2 Å². The van der Waals surface area contributed by atoms with Crippen LogP contribution in [0.25, 0.3) is 10.9 Å². The van der Waals surface area contributed by atoms with E-state index in [2.05, 4.69) is 20.9 Å². The lowest BCUT2D eigenvalue weighted by Crippen LogP contribution is -2.20. The molecule has 1 N–H and O–H groups in total. The van der Waals surface area contributed by atoms with Crippen molar-refractivity contribution in [2.24, 2.45) is 0 Å². The largest absolute Gasteiger partial charge is 0.381 e. The summed E-state index contributed by atoms with van der Waals surface area (Å²) < 4.78 is 6.37. The second-order valence-electron chi connectivity index (χ2n) is 5.55. The number of hydrogen-bond donors (Lipinski definition) is 1. The summed E-state index contributed by atoms with van der Waals surface area (Å²) in [6.45, 7) is 5.49. The lowest BCUT2D eigenvalue weighted by atomic mass is 9.92. The minimum atomic E-state index is 0.143. The summed E-state index contributed by atoms with van der Waals surface area (Å²) in [7, 11) is 0. The first-order chi connectivity index (χ1) is 9.58. The molecule has 4 heteroatoms. The molecule has 3 nitrogen and oxygen atoms in total. The van der Waals surface area contributed by atoms with E-state index >= 15 is 0 Å². The van der Waals surface area contributed by atoms with Crippen LogP contribution in [0.5, 0.6) is 0 Å². The standard InChI is InChI=1S/C16H18BrNO2/c1-9-7-12-15(13(17)8-9)18-14(10(2)16(12)19)11-3-5-20-6-4-11/h7-8,11H,3-6H2,1-2H3,(H,18,19). The number of fused-ring (bicyclic) bond motifs is 1. The van der Waals surface area contributed by atoms with E-state index in [9.17, 15) is 4.79 Å². The molecule has 0 radical (unpaired) electrons. The van der Waals surface area contributed by atoms with Gasteiger partial charge in [0.2, 0.25) is 0 Å². The Morgan fingerprint density at radius 2 is 1.95 bits per heavy atom. The van der Waals surface area contributed by atoms with Crippen molar-refractivity contribution in [3.05, 3.63) is 43.6 Å². The summed E-state index contributed by atoms with van der Waals surface area (Å²) in [6, 6.07) is 4.00. The van der Waals surface area contributed by atoms with Crippen molar-refractivity contribution >= 4 is 26.8 Å². The molecule has 1 aromatic heterocycles. The monoisotopic (exact) mass is 335 g/mol. The molecule has 0 atom stereocenters. The molecular weight excluding hydrogens is 318 g/mol. The molecule has 1 aliphatic heterocycles. The molecule has 0 saturated carbocycles. The average Bonchev–Trinajstić information content (AvgIpc) is 2.44. The van der Waals surface area contributed by atoms with Gasteiger partial charge >= 0.3 is 0 Å². The molecule has 0 aliphatic carbocycles. The van der Waals surface area contributed by atoms with Gasteiger partial charge in [-0.2, -0.15) is 0 Å². The van der Waals surface area contributed by atoms with Crippen LogP contribution in [0.3, 0.4) is 0 Å². The third-order valence-electron chi connectivity index (χ3n) is 4.11. The highest BCUT2D eigenvalue weighted by Crippen LogP contribution is 2.30. The molecule has 3 rings (SSSR count). The molecule has 0 amide bonds. The maximum atomic E-state index is 12.6. The molecule has 2 aromatic rings. The maximum Gasteiger partial charge on any atom is 0.192 e. The second-order valence-corrected chi connectivity index (χ2v) is 6.40. The van der Waals surface area contributed by atoms with E-state index < -0.39 is 0 Å². The van der Waals surface area contributed by atoms with Crippen molar-refractivity contribution in [3.63, 3.8) is 0 Å². The van der Waals surface area contributed by atoms with Gasteiger partial charge < -0.3 is 9.72 Å². The summed E-state index contributed by atoms with van der Waals surface area (Å²) in [5.74, 6) is 0.397. The quantitative estimate of drug-likeness (QED) is 0.861. The molecule has 1 fully saturated rings. The van der Waals surface area contributed by atoms with Crippen LogP contribution < -0.4 is 5.43 Å². The summed E-state index contributed by atoms with van der Waals surface area (Å²) in [6.07, 6.45) is 1.96. The minimum Gasteiger partial charge on any atom is -0.381 e. The van der Waals surface area contributed by atoms with Crippen LogP contribution in [-0.2, 0) is 4.74 Å². The van der Waals surface area contributed by atoms with Gasteiger partial charge in [-0.25, -0.2) is 0 Å². The number of halogens is 1. The van der Waals surface area contributed by atoms with Crippen molar-refractivity contribution in [3.8, 4) is 0 Å². The molecule has 1 aromatic carbocycles. The number of aromatic amines is 1. The first-order valence-electron chi connectivity index (χ1n) is 6.98. The second kappa shape index (κ2) is 5.34. The van der Waals surface area contributed by atoms with Gasteiger partial charge in [0.1, 0.15) is 0 Å². The molecule has 1 saturated heterocycles. The van der Waals surface area contributed by atoms with Gasteiger partial charge in [0.05, 0.1) is 5.52 Å². The molecule has 2 heterocycles. The fourth-order valence-corrected chi connectivity index (χ4v) is 3.67. The number of nitrogens with one attached hydrogen (secondary N) is 1. The van der Waals surface area contributed by atoms with Gasteiger partial charge in [0.25, 0.3) is 0 Å². The van der Waals surface area contributed by atoms with Gasteiger partial charge in [-0.3, -0.25) is 4.79 Å². The van der Waals surface area contributed by atoms with E-state index in [0.29, 0.717) is 5.92 Å². The highest BCUT2D eigenvalue weighted by Gasteiger charge is 2.21. The van der Waals surface area contributed by atoms with Crippen LogP contribution in [0, 0.1) is 13.8 Å². The van der Waals surface area contributed by atoms with Crippen LogP contribution >= 0.6 is 15.9 Å². The third kappa shape index (κ3) is 2.31. The molecule has 1 aliphatic rings. The number of hydrogen-bond acceptors (Lipinski definition) is 2. The lowest BCUT2D eigenvalue weighted by molar-refractivity contribution is 0.0844. The minimum absolute atomic E-state index is 0.143. The molecular formula is C16H18BrNO2. The van der Waals surface area contributed by atoms with Crippen LogP contribution in [-0.4, -0.2) is 18.2 Å². The summed E-state index contributed by atoms with van der Waals surface area (Å²) in [5, 5.41) is 0.769. The van der Waals surface area contributed by atoms with E-state index in [1.807, 2.05) is 26.0 Å². The van der Waals surface area contributed by atoms with Crippen LogP contribution in [0.1, 0.15) is 35.6 Å². The highest BCUT2D eigenvalue weighted by atomic mass is 79.9. The van der Waals surface area contributed by atoms with Crippen molar-refractivity contribution in [1.82, 2.24) is 4.98 Å². The summed E-state index contributed by atoms with van der Waals surface area (Å²) in [4.78, 5) is 16.1. The molecule has 0 unspecified atom stereocenters. The molecule has 0 spiro atoms. The normalized spacial score (nSPS) is 16.8. The number of aryl methyl sites for hydroxylation is 1. The van der Waals surface area contributed by atoms with Crippen molar-refractivity contribution in [1.29, 1.82) is 0 Å². The summed E-state index contributed by atoms with van der Waals surface area (Å²) in [5.41, 5.74) is 4.07. The van der Waals surface area contributed by atoms with Crippen LogP contribution in [0.2, 0.25) is 0 Å². The predicted molar refractivity (Wildman–Crippen MR) is 84.5 cm³/mol. The van der Waals surface area contributed by atoms with E-state index in [1.54, 1.807) is 0 Å². The van der Waals surface area contributed by atoms with Gasteiger partial charge in [-0.05, 0) is 60.3 Å². The Morgan fingerprint density at radius 3 is 2.65 bits per heavy atom. The SMILES string of the molecule is Cc1cc(Br)c2[nH]c(C3CCOCC3)c(C)c(=O)c2c1. The Labute approximate surface area is 126 Å². The van der Waals surface area contributed by atoms with Gasteiger partial charge in [0.15, 0.2) is 5.43 Å². The zero-order chi connectivity index (χ0) is 14.3. The van der Waals surface area contributed by atoms with E-state index in [4.69, 9.17) is 4.74 Å². The Hall–Kier alpha value is -1.13. The van der Waals surface area contributed by atoms with E-state index in [-0.39, 0.29) is 5.43 Å². The van der Waals surface area contributed by atoms with Crippen LogP contribution in [0.4, 0.5) is 0 Å². The predicted octanol–water partition coefficient (Wildman–Crippen LogP) is 3.80. The maximum absolute atomic E-state index is 12.6. The van der Waals surface area contributed by atoms with Gasteiger partial charge in [-0.1, -0.05) is 0 Å². The summed E-state index contributed by atoms with van der Waals surface area (Å²) >= 11 is 3.57. The number of H-pyrrole nitrogens is 1.